The van der Waals surface area contributed by atoms with Gasteiger partial charge < -0.3 is 14.6 Å². The molecule has 3 aromatic rings. The summed E-state index contributed by atoms with van der Waals surface area (Å²) >= 11 is 0. The van der Waals surface area contributed by atoms with Gasteiger partial charge in [-0.3, -0.25) is 15.0 Å². The number of nitrogens with zero attached hydrogens (tertiary/aromatic N) is 6. The first-order valence-electron chi connectivity index (χ1n) is 11.6. The van der Waals surface area contributed by atoms with Crippen LogP contribution in [0.5, 0.6) is 0 Å². The van der Waals surface area contributed by atoms with Gasteiger partial charge in [0.05, 0.1) is 24.1 Å². The van der Waals surface area contributed by atoms with Crippen molar-refractivity contribution in [1.29, 1.82) is 0 Å². The number of urea groups is 1. The highest BCUT2D eigenvalue weighted by Crippen LogP contribution is 2.38. The largest absolute Gasteiger partial charge is 0.441 e. The average molecular weight is 516 g/mol. The smallest absolute Gasteiger partial charge is 0.408 e. The number of hydrogen-bond acceptors (Lipinski definition) is 8. The number of carbonyl (C=O) groups excluding carboxylic acids is 2. The molecule has 1 fully saturated rings. The third-order valence-corrected chi connectivity index (χ3v) is 6.24. The minimum absolute atomic E-state index is 0.148. The molecular formula is C23H23F3N8O3. The molecule has 2 N–H and O–H groups in total. The Labute approximate surface area is 209 Å². The number of anilines is 3. The molecule has 0 spiro atoms. The molecule has 1 unspecified atom stereocenters. The van der Waals surface area contributed by atoms with E-state index >= 15 is 0 Å². The number of hydrogen-bond donors (Lipinski definition) is 2. The topological polar surface area (TPSA) is 129 Å². The molecule has 0 saturated carbocycles. The Morgan fingerprint density at radius 2 is 2.03 bits per heavy atom. The van der Waals surface area contributed by atoms with Gasteiger partial charge in [0.2, 0.25) is 5.82 Å². The van der Waals surface area contributed by atoms with Crippen LogP contribution in [0.4, 0.5) is 35.3 Å². The van der Waals surface area contributed by atoms with Crippen LogP contribution in [0.15, 0.2) is 35.1 Å². The van der Waals surface area contributed by atoms with E-state index in [-0.39, 0.29) is 17.7 Å². The van der Waals surface area contributed by atoms with Crippen LogP contribution in [0.3, 0.4) is 0 Å². The molecule has 14 heteroatoms. The highest BCUT2D eigenvalue weighted by Gasteiger charge is 2.40. The molecule has 5 heterocycles. The predicted molar refractivity (Wildman–Crippen MR) is 126 cm³/mol. The summed E-state index contributed by atoms with van der Waals surface area (Å²) in [4.78, 5) is 45.9. The molecule has 0 radical (unpaired) electrons. The Balaban J connectivity index is 1.43. The van der Waals surface area contributed by atoms with Crippen molar-refractivity contribution < 1.29 is 27.2 Å². The molecule has 2 bridgehead atoms. The third kappa shape index (κ3) is 4.90. The minimum Gasteiger partial charge on any atom is -0.441 e. The van der Waals surface area contributed by atoms with Gasteiger partial charge >= 0.3 is 12.2 Å². The van der Waals surface area contributed by atoms with E-state index < -0.39 is 30.0 Å². The Morgan fingerprint density at radius 3 is 2.76 bits per heavy atom. The van der Waals surface area contributed by atoms with Crippen molar-refractivity contribution in [3.8, 4) is 11.3 Å². The molecule has 11 nitrogen and oxygen atoms in total. The van der Waals surface area contributed by atoms with Gasteiger partial charge in [-0.1, -0.05) is 0 Å². The Bertz CT molecular complexity index is 1340. The van der Waals surface area contributed by atoms with Gasteiger partial charge in [0, 0.05) is 31.8 Å². The highest BCUT2D eigenvalue weighted by atomic mass is 19.4. The molecule has 37 heavy (non-hydrogen) atoms. The monoisotopic (exact) mass is 516 g/mol. The summed E-state index contributed by atoms with van der Waals surface area (Å²) < 4.78 is 44.3. The van der Waals surface area contributed by atoms with Crippen molar-refractivity contribution >= 4 is 29.3 Å². The van der Waals surface area contributed by atoms with Crippen molar-refractivity contribution in [2.75, 3.05) is 28.2 Å². The van der Waals surface area contributed by atoms with Gasteiger partial charge in [-0.15, -0.1) is 0 Å². The van der Waals surface area contributed by atoms with Crippen LogP contribution in [0, 0.1) is 6.92 Å². The first-order valence-corrected chi connectivity index (χ1v) is 11.6. The standard InChI is InChI=1S/C23H23F3N8O3/c1-12(23(24,25)26)30-21(35)19-29-9-16-20(32-19)34(15-4-3-7-33(16)11-15)22(36)31-18-8-14(5-6-27-18)17-10-28-13(2)37-17/h5-6,8-10,12,15H,3-4,7,11H2,1-2H3,(H,30,35)(H,27,31,36)/t12?,15-/m0/s1. The first-order chi connectivity index (χ1) is 17.6. The first kappa shape index (κ1) is 24.5. The van der Waals surface area contributed by atoms with Gasteiger partial charge in [0.15, 0.2) is 17.5 Å². The molecule has 0 aromatic carbocycles. The van der Waals surface area contributed by atoms with E-state index in [0.717, 1.165) is 13.3 Å². The maximum Gasteiger partial charge on any atom is 0.408 e. The number of oxazole rings is 1. The summed E-state index contributed by atoms with van der Waals surface area (Å²) in [6.45, 7) is 3.78. The average Bonchev–Trinajstić information content (AvgIpc) is 3.30. The van der Waals surface area contributed by atoms with Gasteiger partial charge in [0.1, 0.15) is 11.9 Å². The highest BCUT2D eigenvalue weighted by molar-refractivity contribution is 6.04. The van der Waals surface area contributed by atoms with Crippen molar-refractivity contribution in [3.63, 3.8) is 0 Å². The molecule has 2 aliphatic rings. The lowest BCUT2D eigenvalue weighted by Gasteiger charge is -2.45. The number of aromatic nitrogens is 4. The summed E-state index contributed by atoms with van der Waals surface area (Å²) in [5.41, 5.74) is 1.18. The number of aryl methyl sites for hydroxylation is 1. The number of rotatable bonds is 4. The van der Waals surface area contributed by atoms with Crippen molar-refractivity contribution in [1.82, 2.24) is 25.3 Å². The van der Waals surface area contributed by atoms with Crippen LogP contribution in [0.1, 0.15) is 36.3 Å². The molecule has 3 aromatic heterocycles. The summed E-state index contributed by atoms with van der Waals surface area (Å²) in [5.74, 6) is -0.144. The fourth-order valence-electron chi connectivity index (χ4n) is 4.36. The number of nitrogens with one attached hydrogen (secondary N) is 2. The van der Waals surface area contributed by atoms with E-state index in [2.05, 4.69) is 25.3 Å². The van der Waals surface area contributed by atoms with Crippen LogP contribution in [0.25, 0.3) is 11.3 Å². The maximum absolute atomic E-state index is 13.5. The van der Waals surface area contributed by atoms with E-state index in [1.165, 1.54) is 17.3 Å². The van der Waals surface area contributed by atoms with Crippen molar-refractivity contribution in [2.45, 2.75) is 44.9 Å². The van der Waals surface area contributed by atoms with Gasteiger partial charge in [0.25, 0.3) is 5.91 Å². The van der Waals surface area contributed by atoms with E-state index in [1.807, 2.05) is 10.2 Å². The van der Waals surface area contributed by atoms with E-state index in [0.29, 0.717) is 42.4 Å². The van der Waals surface area contributed by atoms with Crippen LogP contribution in [-0.2, 0) is 0 Å². The van der Waals surface area contributed by atoms with Crippen molar-refractivity contribution in [3.05, 3.63) is 42.4 Å². The SMILES string of the molecule is Cc1ncc(-c2ccnc(NC(=O)N3c4nc(C(=O)NC(C)C(F)(F)F)ncc4N4CCC[C@H]3C4)c2)o1. The lowest BCUT2D eigenvalue weighted by molar-refractivity contribution is -0.149. The molecule has 0 aliphatic carbocycles. The Kier molecular flexibility index (Phi) is 6.17. The van der Waals surface area contributed by atoms with E-state index in [1.54, 1.807) is 25.3 Å². The molecule has 1 saturated heterocycles. The minimum atomic E-state index is -4.62. The number of amides is 3. The number of pyridine rings is 1. The molecule has 3 amide bonds. The zero-order valence-corrected chi connectivity index (χ0v) is 19.9. The molecule has 194 valence electrons. The summed E-state index contributed by atoms with van der Waals surface area (Å²) in [6, 6.07) is 0.452. The second-order valence-corrected chi connectivity index (χ2v) is 8.85. The van der Waals surface area contributed by atoms with E-state index in [9.17, 15) is 22.8 Å². The van der Waals surface area contributed by atoms with E-state index in [4.69, 9.17) is 4.42 Å². The maximum atomic E-state index is 13.5. The van der Waals surface area contributed by atoms with Crippen LogP contribution in [-0.4, -0.2) is 63.2 Å². The van der Waals surface area contributed by atoms with Crippen molar-refractivity contribution in [2.24, 2.45) is 0 Å². The zero-order chi connectivity index (χ0) is 26.3. The molecule has 2 atom stereocenters. The van der Waals surface area contributed by atoms with Gasteiger partial charge in [-0.25, -0.2) is 24.7 Å². The number of carbonyl (C=O) groups is 2. The second-order valence-electron chi connectivity index (χ2n) is 8.85. The quantitative estimate of drug-likeness (QED) is 0.539. The summed E-state index contributed by atoms with van der Waals surface area (Å²) in [5, 5.41) is 4.61. The van der Waals surface area contributed by atoms with Crippen LogP contribution >= 0.6 is 0 Å². The third-order valence-electron chi connectivity index (χ3n) is 6.24. The fourth-order valence-corrected chi connectivity index (χ4v) is 4.36. The number of alkyl halides is 3. The lowest BCUT2D eigenvalue weighted by Crippen LogP contribution is -2.56. The molecule has 2 aliphatic heterocycles. The fraction of sp³-hybridized carbons (Fsp3) is 0.391. The summed E-state index contributed by atoms with van der Waals surface area (Å²) in [6.07, 6.45) is 1.33. The summed E-state index contributed by atoms with van der Waals surface area (Å²) in [7, 11) is 0. The molecule has 5 rings (SSSR count). The Morgan fingerprint density at radius 1 is 1.22 bits per heavy atom. The van der Waals surface area contributed by atoms with Crippen LogP contribution < -0.4 is 20.4 Å². The predicted octanol–water partition coefficient (Wildman–Crippen LogP) is 3.54. The Hall–Kier alpha value is -4.23. The lowest BCUT2D eigenvalue weighted by atomic mass is 10.0. The number of halogens is 3. The molecular weight excluding hydrogens is 493 g/mol. The zero-order valence-electron chi connectivity index (χ0n) is 19.9. The van der Waals surface area contributed by atoms with Crippen LogP contribution in [0.2, 0.25) is 0 Å². The normalized spacial score (nSPS) is 17.7. The van der Waals surface area contributed by atoms with Gasteiger partial charge in [-0.2, -0.15) is 13.2 Å². The number of fused-ring (bicyclic) bond motifs is 4. The number of piperidine rings is 1. The second kappa shape index (κ2) is 9.33. The van der Waals surface area contributed by atoms with Gasteiger partial charge in [-0.05, 0) is 31.9 Å².